The fourth-order valence-corrected chi connectivity index (χ4v) is 3.72. The van der Waals surface area contributed by atoms with E-state index in [0.717, 1.165) is 35.7 Å². The van der Waals surface area contributed by atoms with Gasteiger partial charge in [0.15, 0.2) is 5.65 Å². The minimum absolute atomic E-state index is 0.0349. The SMILES string of the molecule is CC(C)c1cc(C(F)(F)F)n2nc([C@@H]3CCCN3Cc3ccccn3)cc2n1. The zero-order chi connectivity index (χ0) is 19.9. The molecule has 0 spiro atoms. The Labute approximate surface area is 161 Å². The molecule has 0 N–H and O–H groups in total. The Morgan fingerprint density at radius 1 is 1.21 bits per heavy atom. The van der Waals surface area contributed by atoms with Crippen LogP contribution in [0.5, 0.6) is 0 Å². The Kier molecular flexibility index (Phi) is 4.82. The first-order valence-electron chi connectivity index (χ1n) is 9.44. The van der Waals surface area contributed by atoms with Crippen molar-refractivity contribution in [3.63, 3.8) is 0 Å². The molecule has 4 rings (SSSR count). The minimum atomic E-state index is -4.49. The normalized spacial score (nSPS) is 18.4. The van der Waals surface area contributed by atoms with Gasteiger partial charge < -0.3 is 0 Å². The van der Waals surface area contributed by atoms with Crippen LogP contribution in [0.1, 0.15) is 61.4 Å². The zero-order valence-electron chi connectivity index (χ0n) is 15.8. The third kappa shape index (κ3) is 3.61. The summed E-state index contributed by atoms with van der Waals surface area (Å²) in [6, 6.07) is 8.52. The van der Waals surface area contributed by atoms with Gasteiger partial charge in [0.25, 0.3) is 0 Å². The highest BCUT2D eigenvalue weighted by atomic mass is 19.4. The van der Waals surface area contributed by atoms with Gasteiger partial charge in [-0.1, -0.05) is 19.9 Å². The molecule has 0 saturated carbocycles. The van der Waals surface area contributed by atoms with Crippen LogP contribution in [0.2, 0.25) is 0 Å². The lowest BCUT2D eigenvalue weighted by molar-refractivity contribution is -0.142. The molecule has 8 heteroatoms. The van der Waals surface area contributed by atoms with Crippen molar-refractivity contribution in [2.24, 2.45) is 0 Å². The third-order valence-electron chi connectivity index (χ3n) is 5.14. The summed E-state index contributed by atoms with van der Waals surface area (Å²) < 4.78 is 41.8. The maximum atomic E-state index is 13.6. The van der Waals surface area contributed by atoms with Crippen LogP contribution in [0.4, 0.5) is 13.2 Å². The van der Waals surface area contributed by atoms with Crippen LogP contribution < -0.4 is 0 Å². The molecule has 1 aliphatic heterocycles. The molecule has 0 amide bonds. The molecular formula is C20H22F3N5. The first-order chi connectivity index (χ1) is 13.3. The largest absolute Gasteiger partial charge is 0.433 e. The Hall–Kier alpha value is -2.48. The summed E-state index contributed by atoms with van der Waals surface area (Å²) >= 11 is 0. The predicted octanol–water partition coefficient (Wildman–Crippen LogP) is 4.60. The average molecular weight is 389 g/mol. The molecule has 3 aromatic rings. The van der Waals surface area contributed by atoms with Crippen LogP contribution in [-0.2, 0) is 12.7 Å². The fraction of sp³-hybridized carbons (Fsp3) is 0.450. The fourth-order valence-electron chi connectivity index (χ4n) is 3.72. The van der Waals surface area contributed by atoms with E-state index in [1.807, 2.05) is 32.0 Å². The quantitative estimate of drug-likeness (QED) is 0.654. The van der Waals surface area contributed by atoms with Crippen molar-refractivity contribution in [1.29, 1.82) is 0 Å². The number of halogens is 3. The topological polar surface area (TPSA) is 46.3 Å². The summed E-state index contributed by atoms with van der Waals surface area (Å²) in [5, 5.41) is 4.33. The van der Waals surface area contributed by atoms with Gasteiger partial charge in [0.05, 0.1) is 17.4 Å². The molecule has 4 heterocycles. The second-order valence-electron chi connectivity index (χ2n) is 7.51. The molecule has 0 aromatic carbocycles. The van der Waals surface area contributed by atoms with Gasteiger partial charge in [0.2, 0.25) is 0 Å². The lowest BCUT2D eigenvalue weighted by Crippen LogP contribution is -2.23. The van der Waals surface area contributed by atoms with E-state index in [1.54, 1.807) is 12.3 Å². The molecule has 1 fully saturated rings. The predicted molar refractivity (Wildman–Crippen MR) is 98.7 cm³/mol. The van der Waals surface area contributed by atoms with Crippen LogP contribution in [0.3, 0.4) is 0 Å². The van der Waals surface area contributed by atoms with Gasteiger partial charge in [0, 0.05) is 24.5 Å². The summed E-state index contributed by atoms with van der Waals surface area (Å²) in [7, 11) is 0. The van der Waals surface area contributed by atoms with E-state index in [1.165, 1.54) is 0 Å². The van der Waals surface area contributed by atoms with Gasteiger partial charge in [-0.2, -0.15) is 18.3 Å². The number of likely N-dealkylation sites (tertiary alicyclic amines) is 1. The highest BCUT2D eigenvalue weighted by Crippen LogP contribution is 2.35. The van der Waals surface area contributed by atoms with Gasteiger partial charge in [-0.15, -0.1) is 0 Å². The Morgan fingerprint density at radius 3 is 2.71 bits per heavy atom. The van der Waals surface area contributed by atoms with E-state index >= 15 is 0 Å². The molecule has 0 bridgehead atoms. The third-order valence-corrected chi connectivity index (χ3v) is 5.14. The molecular weight excluding hydrogens is 367 g/mol. The number of rotatable bonds is 4. The summed E-state index contributed by atoms with van der Waals surface area (Å²) in [6.07, 6.45) is -0.910. The molecule has 3 aromatic heterocycles. The number of alkyl halides is 3. The molecule has 148 valence electrons. The van der Waals surface area contributed by atoms with Gasteiger partial charge >= 0.3 is 6.18 Å². The lowest BCUT2D eigenvalue weighted by Gasteiger charge is -2.22. The standard InChI is InChI=1S/C20H22F3N5/c1-13(2)15-10-18(20(21,22)23)28-19(25-15)11-16(26-28)17-7-5-9-27(17)12-14-6-3-4-8-24-14/h3-4,6,8,10-11,13,17H,5,7,9,12H2,1-2H3/t17-/m0/s1. The molecule has 1 saturated heterocycles. The number of hydrogen-bond donors (Lipinski definition) is 0. The van der Waals surface area contributed by atoms with Crippen molar-refractivity contribution in [1.82, 2.24) is 24.5 Å². The minimum Gasteiger partial charge on any atom is -0.289 e. The van der Waals surface area contributed by atoms with Crippen LogP contribution in [-0.4, -0.2) is 31.0 Å². The number of nitrogens with zero attached hydrogens (tertiary/aromatic N) is 5. The molecule has 1 aliphatic rings. The summed E-state index contributed by atoms with van der Waals surface area (Å²) in [6.45, 7) is 5.19. The van der Waals surface area contributed by atoms with Crippen molar-refractivity contribution < 1.29 is 13.2 Å². The number of hydrogen-bond acceptors (Lipinski definition) is 4. The summed E-state index contributed by atoms with van der Waals surface area (Å²) in [5.74, 6) is -0.100. The van der Waals surface area contributed by atoms with Crippen LogP contribution in [0.15, 0.2) is 36.5 Å². The van der Waals surface area contributed by atoms with Crippen molar-refractivity contribution >= 4 is 5.65 Å². The molecule has 28 heavy (non-hydrogen) atoms. The van der Waals surface area contributed by atoms with E-state index in [4.69, 9.17) is 0 Å². The average Bonchev–Trinajstić information content (AvgIpc) is 3.26. The zero-order valence-corrected chi connectivity index (χ0v) is 15.8. The van der Waals surface area contributed by atoms with E-state index in [0.29, 0.717) is 17.9 Å². The first kappa shape index (κ1) is 18.9. The van der Waals surface area contributed by atoms with Crippen molar-refractivity contribution in [2.75, 3.05) is 6.54 Å². The molecule has 0 radical (unpaired) electrons. The number of pyridine rings is 1. The van der Waals surface area contributed by atoms with Crippen molar-refractivity contribution in [3.8, 4) is 0 Å². The Morgan fingerprint density at radius 2 is 2.04 bits per heavy atom. The second-order valence-corrected chi connectivity index (χ2v) is 7.51. The Bertz CT molecular complexity index is 965. The second kappa shape index (κ2) is 7.16. The van der Waals surface area contributed by atoms with Crippen molar-refractivity contribution in [3.05, 3.63) is 59.3 Å². The molecule has 5 nitrogen and oxygen atoms in total. The summed E-state index contributed by atoms with van der Waals surface area (Å²) in [4.78, 5) is 11.0. The van der Waals surface area contributed by atoms with Gasteiger partial charge in [-0.25, -0.2) is 9.50 Å². The van der Waals surface area contributed by atoms with E-state index in [9.17, 15) is 13.2 Å². The van der Waals surface area contributed by atoms with E-state index < -0.39 is 11.9 Å². The van der Waals surface area contributed by atoms with Crippen LogP contribution >= 0.6 is 0 Å². The highest BCUT2D eigenvalue weighted by molar-refractivity contribution is 5.44. The maximum absolute atomic E-state index is 13.6. The molecule has 0 unspecified atom stereocenters. The summed E-state index contributed by atoms with van der Waals surface area (Å²) in [5.41, 5.74) is 1.46. The Balaban J connectivity index is 1.72. The van der Waals surface area contributed by atoms with E-state index in [2.05, 4.69) is 20.0 Å². The van der Waals surface area contributed by atoms with Crippen molar-refractivity contribution in [2.45, 2.75) is 51.4 Å². The molecule has 1 atom stereocenters. The van der Waals surface area contributed by atoms with Gasteiger partial charge in [-0.3, -0.25) is 9.88 Å². The number of fused-ring (bicyclic) bond motifs is 1. The number of aromatic nitrogens is 4. The first-order valence-corrected chi connectivity index (χ1v) is 9.44. The van der Waals surface area contributed by atoms with Gasteiger partial charge in [0.1, 0.15) is 5.69 Å². The van der Waals surface area contributed by atoms with Crippen LogP contribution in [0.25, 0.3) is 5.65 Å². The van der Waals surface area contributed by atoms with Gasteiger partial charge in [-0.05, 0) is 43.5 Å². The van der Waals surface area contributed by atoms with Crippen LogP contribution in [0, 0.1) is 0 Å². The lowest BCUT2D eigenvalue weighted by atomic mass is 10.1. The van der Waals surface area contributed by atoms with E-state index in [-0.39, 0.29) is 17.6 Å². The highest BCUT2D eigenvalue weighted by Gasteiger charge is 2.36. The monoisotopic (exact) mass is 389 g/mol. The molecule has 0 aliphatic carbocycles. The maximum Gasteiger partial charge on any atom is 0.433 e. The smallest absolute Gasteiger partial charge is 0.289 e.